The second-order valence-electron chi connectivity index (χ2n) is 9.30. The molecule has 0 heterocycles. The molecule has 0 saturated heterocycles. The monoisotopic (exact) mass is 599 g/mol. The molecule has 0 aliphatic carbocycles. The number of nitrogens with one attached hydrogen (secondary N) is 1. The molecule has 1 N–H and O–H groups in total. The number of amides is 2. The van der Waals surface area contributed by atoms with E-state index >= 15 is 0 Å². The van der Waals surface area contributed by atoms with Gasteiger partial charge in [0.15, 0.2) is 0 Å². The smallest absolute Gasteiger partial charge is 0.264 e. The topological polar surface area (TPSA) is 86.8 Å². The van der Waals surface area contributed by atoms with Gasteiger partial charge in [-0.15, -0.1) is 0 Å². The largest absolute Gasteiger partial charge is 0.352 e. The number of carbonyl (C=O) groups is 2. The third kappa shape index (κ3) is 7.45. The Labute approximate surface area is 234 Å². The molecule has 0 unspecified atom stereocenters. The standard InChI is InChI=1S/C29H34BrN3O4S/c1-5-22(3)31-29(35)23(4)32(19-24-13-15-25(30)16-14-24)28(34)20-33(26-9-7-6-8-10-26)38(36,37)27-17-11-21(2)12-18-27/h6-18,22-23H,5,19-20H2,1-4H3,(H,31,35)/t22-,23-/m0/s1. The Bertz CT molecular complexity index is 1330. The van der Waals surface area contributed by atoms with Crippen molar-refractivity contribution < 1.29 is 18.0 Å². The Hall–Kier alpha value is -3.17. The SMILES string of the molecule is CC[C@H](C)NC(=O)[C@H](C)N(Cc1ccc(Br)cc1)C(=O)CN(c1ccccc1)S(=O)(=O)c1ccc(C)cc1. The van der Waals surface area contributed by atoms with E-state index in [1.807, 2.05) is 45.0 Å². The first kappa shape index (κ1) is 29.4. The summed E-state index contributed by atoms with van der Waals surface area (Å²) in [6.07, 6.45) is 0.746. The number of halogens is 1. The van der Waals surface area contributed by atoms with Crippen LogP contribution in [0, 0.1) is 6.92 Å². The number of hydrogen-bond donors (Lipinski definition) is 1. The van der Waals surface area contributed by atoms with Gasteiger partial charge in [0.25, 0.3) is 10.0 Å². The summed E-state index contributed by atoms with van der Waals surface area (Å²) in [5, 5.41) is 2.93. The predicted octanol–water partition coefficient (Wildman–Crippen LogP) is 5.28. The van der Waals surface area contributed by atoms with Crippen LogP contribution >= 0.6 is 15.9 Å². The van der Waals surface area contributed by atoms with Gasteiger partial charge >= 0.3 is 0 Å². The molecule has 9 heteroatoms. The van der Waals surface area contributed by atoms with Crippen LogP contribution in [0.3, 0.4) is 0 Å². The van der Waals surface area contributed by atoms with Gasteiger partial charge in [-0.3, -0.25) is 13.9 Å². The van der Waals surface area contributed by atoms with Gasteiger partial charge in [-0.2, -0.15) is 0 Å². The lowest BCUT2D eigenvalue weighted by molar-refractivity contribution is -0.139. The van der Waals surface area contributed by atoms with Crippen molar-refractivity contribution in [3.63, 3.8) is 0 Å². The van der Waals surface area contributed by atoms with E-state index in [4.69, 9.17) is 0 Å². The molecule has 202 valence electrons. The highest BCUT2D eigenvalue weighted by Gasteiger charge is 2.32. The average molecular weight is 601 g/mol. The number of rotatable bonds is 11. The third-order valence-corrected chi connectivity index (χ3v) is 8.68. The van der Waals surface area contributed by atoms with Gasteiger partial charge in [0.2, 0.25) is 11.8 Å². The van der Waals surface area contributed by atoms with Gasteiger partial charge in [0.05, 0.1) is 10.6 Å². The van der Waals surface area contributed by atoms with Crippen molar-refractivity contribution in [2.45, 2.75) is 57.6 Å². The molecule has 3 aromatic carbocycles. The normalized spacial score (nSPS) is 12.9. The van der Waals surface area contributed by atoms with E-state index in [2.05, 4.69) is 21.2 Å². The predicted molar refractivity (Wildman–Crippen MR) is 154 cm³/mol. The Morgan fingerprint density at radius 2 is 1.53 bits per heavy atom. The molecule has 38 heavy (non-hydrogen) atoms. The first-order chi connectivity index (χ1) is 18.0. The summed E-state index contributed by atoms with van der Waals surface area (Å²) in [5.74, 6) is -0.781. The second kappa shape index (κ2) is 13.1. The number of aryl methyl sites for hydroxylation is 1. The lowest BCUT2D eigenvalue weighted by Crippen LogP contribution is -2.52. The first-order valence-electron chi connectivity index (χ1n) is 12.5. The maximum absolute atomic E-state index is 13.9. The van der Waals surface area contributed by atoms with Crippen molar-refractivity contribution in [1.29, 1.82) is 0 Å². The van der Waals surface area contributed by atoms with Crippen molar-refractivity contribution in [2.75, 3.05) is 10.8 Å². The molecule has 0 bridgehead atoms. The number of carbonyl (C=O) groups excluding carboxylic acids is 2. The summed E-state index contributed by atoms with van der Waals surface area (Å²) in [7, 11) is -4.07. The van der Waals surface area contributed by atoms with Crippen molar-refractivity contribution in [3.05, 3.63) is 94.5 Å². The molecular weight excluding hydrogens is 566 g/mol. The molecule has 3 aromatic rings. The highest BCUT2D eigenvalue weighted by Crippen LogP contribution is 2.25. The van der Waals surface area contributed by atoms with Crippen LogP contribution in [-0.4, -0.2) is 43.8 Å². The molecular formula is C29H34BrN3O4S. The Morgan fingerprint density at radius 3 is 2.11 bits per heavy atom. The number of para-hydroxylation sites is 1. The Balaban J connectivity index is 1.99. The highest BCUT2D eigenvalue weighted by molar-refractivity contribution is 9.10. The number of anilines is 1. The number of benzene rings is 3. The fourth-order valence-electron chi connectivity index (χ4n) is 3.80. The van der Waals surface area contributed by atoms with Crippen LogP contribution in [0.15, 0.2) is 88.2 Å². The molecule has 3 rings (SSSR count). The van der Waals surface area contributed by atoms with Crippen LogP contribution in [0.25, 0.3) is 0 Å². The van der Waals surface area contributed by atoms with Gasteiger partial charge in [0.1, 0.15) is 12.6 Å². The van der Waals surface area contributed by atoms with Crippen molar-refractivity contribution in [3.8, 4) is 0 Å². The van der Waals surface area contributed by atoms with Crippen LogP contribution in [0.2, 0.25) is 0 Å². The van der Waals surface area contributed by atoms with Gasteiger partial charge in [-0.05, 0) is 69.2 Å². The molecule has 0 saturated carbocycles. The average Bonchev–Trinajstić information content (AvgIpc) is 2.91. The van der Waals surface area contributed by atoms with Crippen LogP contribution in [0.5, 0.6) is 0 Å². The fraction of sp³-hybridized carbons (Fsp3) is 0.310. The molecule has 0 aromatic heterocycles. The zero-order valence-electron chi connectivity index (χ0n) is 22.1. The molecule has 0 aliphatic heterocycles. The lowest BCUT2D eigenvalue weighted by Gasteiger charge is -2.32. The molecule has 7 nitrogen and oxygen atoms in total. The molecule has 0 radical (unpaired) electrons. The van der Waals surface area contributed by atoms with E-state index in [0.717, 1.165) is 26.3 Å². The maximum atomic E-state index is 13.9. The quantitative estimate of drug-likeness (QED) is 0.324. The number of nitrogens with zero attached hydrogens (tertiary/aromatic N) is 2. The van der Waals surface area contributed by atoms with E-state index in [-0.39, 0.29) is 23.4 Å². The van der Waals surface area contributed by atoms with Gasteiger partial charge < -0.3 is 10.2 Å². The molecule has 2 amide bonds. The minimum Gasteiger partial charge on any atom is -0.352 e. The number of hydrogen-bond acceptors (Lipinski definition) is 4. The van der Waals surface area contributed by atoms with Crippen LogP contribution in [0.4, 0.5) is 5.69 Å². The second-order valence-corrected chi connectivity index (χ2v) is 12.1. The van der Waals surface area contributed by atoms with Crippen LogP contribution in [-0.2, 0) is 26.2 Å². The zero-order valence-corrected chi connectivity index (χ0v) is 24.5. The zero-order chi connectivity index (χ0) is 27.9. The minimum atomic E-state index is -4.07. The van der Waals surface area contributed by atoms with E-state index in [0.29, 0.717) is 5.69 Å². The summed E-state index contributed by atoms with van der Waals surface area (Å²) >= 11 is 3.42. The van der Waals surface area contributed by atoms with Gasteiger partial charge in [-0.1, -0.05) is 70.9 Å². The fourth-order valence-corrected chi connectivity index (χ4v) is 5.47. The summed E-state index contributed by atoms with van der Waals surface area (Å²) in [5.41, 5.74) is 2.10. The molecule has 2 atom stereocenters. The van der Waals surface area contributed by atoms with Gasteiger partial charge in [0, 0.05) is 17.1 Å². The summed E-state index contributed by atoms with van der Waals surface area (Å²) in [6.45, 7) is 7.09. The first-order valence-corrected chi connectivity index (χ1v) is 14.7. The van der Waals surface area contributed by atoms with Crippen molar-refractivity contribution in [1.82, 2.24) is 10.2 Å². The molecule has 0 fully saturated rings. The Morgan fingerprint density at radius 1 is 0.921 bits per heavy atom. The summed E-state index contributed by atoms with van der Waals surface area (Å²) in [4.78, 5) is 28.4. The maximum Gasteiger partial charge on any atom is 0.264 e. The van der Waals surface area contributed by atoms with Gasteiger partial charge in [-0.25, -0.2) is 8.42 Å². The lowest BCUT2D eigenvalue weighted by atomic mass is 10.1. The van der Waals surface area contributed by atoms with E-state index in [1.54, 1.807) is 49.4 Å². The highest BCUT2D eigenvalue weighted by atomic mass is 79.9. The van der Waals surface area contributed by atoms with E-state index in [1.165, 1.54) is 17.0 Å². The van der Waals surface area contributed by atoms with Crippen molar-refractivity contribution in [2.24, 2.45) is 0 Å². The van der Waals surface area contributed by atoms with Crippen LogP contribution < -0.4 is 9.62 Å². The Kier molecular flexibility index (Phi) is 10.1. The van der Waals surface area contributed by atoms with Crippen molar-refractivity contribution >= 4 is 43.5 Å². The molecule has 0 aliphatic rings. The van der Waals surface area contributed by atoms with E-state index < -0.39 is 28.5 Å². The summed E-state index contributed by atoms with van der Waals surface area (Å²) < 4.78 is 29.5. The van der Waals surface area contributed by atoms with E-state index in [9.17, 15) is 18.0 Å². The summed E-state index contributed by atoms with van der Waals surface area (Å²) in [6, 6.07) is 21.6. The minimum absolute atomic E-state index is 0.0580. The third-order valence-electron chi connectivity index (χ3n) is 6.37. The molecule has 0 spiro atoms. The van der Waals surface area contributed by atoms with Crippen LogP contribution in [0.1, 0.15) is 38.3 Å². The number of sulfonamides is 1.